The molecule has 1 aromatic rings. The molecule has 1 radical (unpaired) electrons. The Balaban J connectivity index is 0.000000605. The van der Waals surface area contributed by atoms with Crippen molar-refractivity contribution < 1.29 is 37.5 Å². The van der Waals surface area contributed by atoms with Crippen molar-refractivity contribution in [1.29, 1.82) is 0 Å². The fraction of sp³-hybridized carbons (Fsp3) is 0.250. The molecular formula is C8H8NOY-. The van der Waals surface area contributed by atoms with Crippen LogP contribution < -0.4 is 4.84 Å². The molecule has 0 bridgehead atoms. The number of hydrogen-bond acceptors (Lipinski definition) is 1. The summed E-state index contributed by atoms with van der Waals surface area (Å²) in [6.07, 6.45) is 0. The van der Waals surface area contributed by atoms with E-state index >= 15 is 0 Å². The number of benzene rings is 1. The van der Waals surface area contributed by atoms with Crippen molar-refractivity contribution in [3.63, 3.8) is 0 Å². The van der Waals surface area contributed by atoms with Crippen LogP contribution in [-0.4, -0.2) is 0 Å². The van der Waals surface area contributed by atoms with Crippen LogP contribution in [0.25, 0.3) is 5.48 Å². The molecule has 11 heavy (non-hydrogen) atoms. The number of hydrogen-bond donors (Lipinski definition) is 0. The van der Waals surface area contributed by atoms with Gasteiger partial charge in [0.15, 0.2) is 0 Å². The van der Waals surface area contributed by atoms with E-state index in [4.69, 9.17) is 4.84 Å². The van der Waals surface area contributed by atoms with Crippen LogP contribution in [-0.2, 0) is 32.7 Å². The smallest absolute Gasteiger partial charge is 0.103 e. The molecule has 3 heteroatoms. The molecule has 0 aromatic heterocycles. The zero-order valence-corrected chi connectivity index (χ0v) is 9.16. The largest absolute Gasteiger partial charge is 0.587 e. The van der Waals surface area contributed by atoms with Crippen LogP contribution in [0, 0.1) is 0 Å². The number of hydroxylamine groups is 1. The number of nitrogens with zero attached hydrogens (tertiary/aromatic N) is 1. The van der Waals surface area contributed by atoms with E-state index in [1.165, 1.54) is 5.56 Å². The van der Waals surface area contributed by atoms with Crippen LogP contribution in [0.5, 0.6) is 5.75 Å². The molecule has 0 spiro atoms. The maximum atomic E-state index is 5.04. The summed E-state index contributed by atoms with van der Waals surface area (Å²) in [5, 5.41) is 0. The van der Waals surface area contributed by atoms with Gasteiger partial charge in [-0.25, -0.2) is 0 Å². The van der Waals surface area contributed by atoms with E-state index in [-0.39, 0.29) is 38.8 Å². The van der Waals surface area contributed by atoms with Gasteiger partial charge in [0.1, 0.15) is 5.75 Å². The minimum absolute atomic E-state index is 0. The molecule has 1 atom stereocenters. The summed E-state index contributed by atoms with van der Waals surface area (Å²) in [6, 6.07) is 8.13. The van der Waals surface area contributed by atoms with Gasteiger partial charge in [0, 0.05) is 32.7 Å². The Morgan fingerprint density at radius 3 is 2.82 bits per heavy atom. The first-order valence-corrected chi connectivity index (χ1v) is 3.34. The van der Waals surface area contributed by atoms with Gasteiger partial charge >= 0.3 is 0 Å². The van der Waals surface area contributed by atoms with Gasteiger partial charge in [0.25, 0.3) is 0 Å². The van der Waals surface area contributed by atoms with Gasteiger partial charge in [0.2, 0.25) is 0 Å². The molecule has 0 aliphatic carbocycles. The van der Waals surface area contributed by atoms with E-state index < -0.39 is 0 Å². The quantitative estimate of drug-likeness (QED) is 0.662. The third-order valence-corrected chi connectivity index (χ3v) is 1.68. The molecule has 0 saturated carbocycles. The van der Waals surface area contributed by atoms with Crippen molar-refractivity contribution in [3.05, 3.63) is 35.3 Å². The average Bonchev–Trinajstić information content (AvgIpc) is 2.34. The van der Waals surface area contributed by atoms with Gasteiger partial charge in [0.05, 0.1) is 0 Å². The molecule has 0 fully saturated rings. The molecule has 0 N–H and O–H groups in total. The summed E-state index contributed by atoms with van der Waals surface area (Å²) in [7, 11) is 0. The second-order valence-electron chi connectivity index (χ2n) is 2.41. The number of rotatable bonds is 0. The average molecular weight is 223 g/mol. The molecule has 1 unspecified atom stereocenters. The summed E-state index contributed by atoms with van der Waals surface area (Å²) >= 11 is 0. The fourth-order valence-corrected chi connectivity index (χ4v) is 1.10. The first-order valence-electron chi connectivity index (χ1n) is 3.34. The Labute approximate surface area is 91.2 Å². The van der Waals surface area contributed by atoms with Gasteiger partial charge in [-0.15, -0.1) is 0 Å². The summed E-state index contributed by atoms with van der Waals surface area (Å²) in [4.78, 5) is 5.04. The maximum absolute atomic E-state index is 5.04. The van der Waals surface area contributed by atoms with Crippen molar-refractivity contribution in [2.45, 2.75) is 13.0 Å². The molecule has 1 aliphatic heterocycles. The van der Waals surface area contributed by atoms with Gasteiger partial charge < -0.3 is 10.3 Å². The standard InChI is InChI=1S/C8H8NO.Y/c1-6-7-4-2-3-5-8(7)10-9-6;/h2-6H,1H3;/q-1;. The van der Waals surface area contributed by atoms with Gasteiger partial charge in [-0.05, 0) is 11.6 Å². The van der Waals surface area contributed by atoms with Crippen LogP contribution in [0.2, 0.25) is 0 Å². The number of fused-ring (bicyclic) bond motifs is 1. The molecule has 1 aromatic carbocycles. The topological polar surface area (TPSA) is 23.3 Å². The van der Waals surface area contributed by atoms with Crippen LogP contribution in [0.1, 0.15) is 18.5 Å². The fourth-order valence-electron chi connectivity index (χ4n) is 1.10. The van der Waals surface area contributed by atoms with Crippen molar-refractivity contribution in [2.75, 3.05) is 0 Å². The second kappa shape index (κ2) is 3.66. The summed E-state index contributed by atoms with van der Waals surface area (Å²) in [6.45, 7) is 2.02. The van der Waals surface area contributed by atoms with E-state index in [0.717, 1.165) is 5.75 Å². The predicted molar refractivity (Wildman–Crippen MR) is 38.8 cm³/mol. The van der Waals surface area contributed by atoms with E-state index in [1.807, 2.05) is 31.2 Å². The van der Waals surface area contributed by atoms with Crippen molar-refractivity contribution in [1.82, 2.24) is 0 Å². The Bertz CT molecular complexity index is 252. The van der Waals surface area contributed by atoms with Gasteiger partial charge in [-0.1, -0.05) is 31.2 Å². The first kappa shape index (κ1) is 9.17. The Hall–Kier alpha value is 0.0839. The Kier molecular flexibility index (Phi) is 3.05. The van der Waals surface area contributed by atoms with Crippen molar-refractivity contribution in [2.24, 2.45) is 0 Å². The molecular weight excluding hydrogens is 215 g/mol. The van der Waals surface area contributed by atoms with Crippen molar-refractivity contribution in [3.8, 4) is 5.75 Å². The molecule has 55 valence electrons. The third kappa shape index (κ3) is 1.63. The van der Waals surface area contributed by atoms with Crippen LogP contribution in [0.4, 0.5) is 0 Å². The van der Waals surface area contributed by atoms with Crippen LogP contribution >= 0.6 is 0 Å². The summed E-state index contributed by atoms with van der Waals surface area (Å²) < 4.78 is 0. The van der Waals surface area contributed by atoms with E-state index in [1.54, 1.807) is 0 Å². The monoisotopic (exact) mass is 223 g/mol. The third-order valence-electron chi connectivity index (χ3n) is 1.68. The molecule has 1 aliphatic rings. The second-order valence-corrected chi connectivity index (χ2v) is 2.41. The minimum Gasteiger partial charge on any atom is -0.587 e. The first-order chi connectivity index (χ1) is 4.88. The molecule has 1 heterocycles. The van der Waals surface area contributed by atoms with Crippen molar-refractivity contribution >= 4 is 0 Å². The molecule has 2 rings (SSSR count). The normalized spacial score (nSPS) is 19.9. The zero-order valence-electron chi connectivity index (χ0n) is 6.32. The minimum atomic E-state index is 0. The van der Waals surface area contributed by atoms with E-state index in [9.17, 15) is 0 Å². The van der Waals surface area contributed by atoms with E-state index in [2.05, 4.69) is 5.48 Å². The van der Waals surface area contributed by atoms with Crippen LogP contribution in [0.3, 0.4) is 0 Å². The Morgan fingerprint density at radius 2 is 2.09 bits per heavy atom. The zero-order chi connectivity index (χ0) is 6.97. The Morgan fingerprint density at radius 1 is 1.36 bits per heavy atom. The van der Waals surface area contributed by atoms with Crippen LogP contribution in [0.15, 0.2) is 24.3 Å². The van der Waals surface area contributed by atoms with Gasteiger partial charge in [-0.2, -0.15) is 0 Å². The SMILES string of the molecule is CC1[N-]Oc2ccccc21.[Y]. The van der Waals surface area contributed by atoms with E-state index in [0.29, 0.717) is 0 Å². The number of para-hydroxylation sites is 1. The maximum Gasteiger partial charge on any atom is 0.103 e. The molecule has 2 nitrogen and oxygen atoms in total. The van der Waals surface area contributed by atoms with Gasteiger partial charge in [-0.3, -0.25) is 0 Å². The summed E-state index contributed by atoms with van der Waals surface area (Å²) in [5.74, 6) is 0.898. The summed E-state index contributed by atoms with van der Waals surface area (Å²) in [5.41, 5.74) is 5.09. The molecule has 0 amide bonds. The predicted octanol–water partition coefficient (Wildman–Crippen LogP) is 2.43. The molecule has 0 saturated heterocycles.